The van der Waals surface area contributed by atoms with Crippen LogP contribution in [0.15, 0.2) is 36.9 Å². The number of halogens is 3. The molecule has 4 heterocycles. The van der Waals surface area contributed by atoms with Gasteiger partial charge in [0.15, 0.2) is 5.82 Å². The predicted molar refractivity (Wildman–Crippen MR) is 119 cm³/mol. The third-order valence-electron chi connectivity index (χ3n) is 5.77. The molecule has 10 nitrogen and oxygen atoms in total. The Hall–Kier alpha value is -3.42. The van der Waals surface area contributed by atoms with Gasteiger partial charge in [-0.2, -0.15) is 22.4 Å². The quantitative estimate of drug-likeness (QED) is 0.532. The second-order valence-corrected chi connectivity index (χ2v) is 10.3. The van der Waals surface area contributed by atoms with Crippen LogP contribution in [0.2, 0.25) is 0 Å². The van der Waals surface area contributed by atoms with Gasteiger partial charge in [-0.05, 0) is 32.8 Å². The third kappa shape index (κ3) is 4.02. The van der Waals surface area contributed by atoms with Crippen molar-refractivity contribution >= 4 is 33.0 Å². The highest BCUT2D eigenvalue weighted by molar-refractivity contribution is 7.90. The zero-order valence-corrected chi connectivity index (χ0v) is 19.0. The first-order chi connectivity index (χ1) is 16.0. The third-order valence-corrected chi connectivity index (χ3v) is 7.80. The standard InChI is InChI=1S/C20H21F3N8O2S/c1-11(20(21,22)23)31-12(2)27-15-9-25-18(7-16(15)31)28-17-5-6-24-19(29-17)13-8-26-30(10-13)34(32,33)14-3-4-14/h5-12,14,27H,3-4H2,1-2H3,(H,24,25,28,29). The lowest BCUT2D eigenvalue weighted by molar-refractivity contribution is -0.145. The van der Waals surface area contributed by atoms with E-state index in [0.717, 1.165) is 11.0 Å². The number of rotatable bonds is 6. The molecule has 3 aromatic rings. The van der Waals surface area contributed by atoms with Gasteiger partial charge in [0.1, 0.15) is 17.7 Å². The first kappa shape index (κ1) is 22.4. The number of nitrogens with zero attached hydrogens (tertiary/aromatic N) is 6. The smallest absolute Gasteiger partial charge is 0.362 e. The fourth-order valence-corrected chi connectivity index (χ4v) is 5.30. The summed E-state index contributed by atoms with van der Waals surface area (Å²) in [5.41, 5.74) is 1.29. The Labute approximate surface area is 193 Å². The molecule has 1 saturated carbocycles. The Morgan fingerprint density at radius 2 is 1.97 bits per heavy atom. The molecule has 1 aliphatic heterocycles. The highest BCUT2D eigenvalue weighted by Crippen LogP contribution is 2.40. The van der Waals surface area contributed by atoms with Gasteiger partial charge in [0, 0.05) is 12.3 Å². The maximum absolute atomic E-state index is 13.4. The molecule has 2 N–H and O–H groups in total. The molecule has 2 atom stereocenters. The Bertz CT molecular complexity index is 1340. The van der Waals surface area contributed by atoms with Crippen LogP contribution in [0.25, 0.3) is 11.4 Å². The van der Waals surface area contributed by atoms with Crippen molar-refractivity contribution in [3.63, 3.8) is 0 Å². The lowest BCUT2D eigenvalue weighted by Crippen LogP contribution is -2.48. The van der Waals surface area contributed by atoms with Crippen LogP contribution in [0.1, 0.15) is 26.7 Å². The van der Waals surface area contributed by atoms with E-state index in [4.69, 9.17) is 0 Å². The first-order valence-corrected chi connectivity index (χ1v) is 12.1. The first-order valence-electron chi connectivity index (χ1n) is 10.5. The van der Waals surface area contributed by atoms with Crippen LogP contribution in [-0.2, 0) is 10.0 Å². The van der Waals surface area contributed by atoms with Gasteiger partial charge in [0.05, 0.1) is 46.9 Å². The second-order valence-electron chi connectivity index (χ2n) is 8.27. The van der Waals surface area contributed by atoms with Crippen molar-refractivity contribution in [2.45, 2.75) is 50.3 Å². The Balaban J connectivity index is 1.39. The molecule has 3 aromatic heterocycles. The van der Waals surface area contributed by atoms with Gasteiger partial charge in [-0.1, -0.05) is 0 Å². The number of hydrogen-bond acceptors (Lipinski definition) is 9. The molecule has 0 amide bonds. The van der Waals surface area contributed by atoms with Crippen LogP contribution < -0.4 is 15.5 Å². The summed E-state index contributed by atoms with van der Waals surface area (Å²) in [5, 5.41) is 9.52. The zero-order valence-electron chi connectivity index (χ0n) is 18.2. The van der Waals surface area contributed by atoms with Crippen molar-refractivity contribution in [3.05, 3.63) is 36.9 Å². The van der Waals surface area contributed by atoms with Gasteiger partial charge >= 0.3 is 6.18 Å². The minimum Gasteiger partial charge on any atom is -0.362 e. The van der Waals surface area contributed by atoms with E-state index in [1.165, 1.54) is 35.8 Å². The van der Waals surface area contributed by atoms with E-state index >= 15 is 0 Å². The molecule has 180 valence electrons. The fraction of sp³-hybridized carbons (Fsp3) is 0.400. The number of hydrogen-bond donors (Lipinski definition) is 2. The summed E-state index contributed by atoms with van der Waals surface area (Å²) >= 11 is 0. The van der Waals surface area contributed by atoms with E-state index in [1.54, 1.807) is 13.0 Å². The molecule has 0 aromatic carbocycles. The average molecular weight is 495 g/mol. The van der Waals surface area contributed by atoms with E-state index in [2.05, 4.69) is 30.7 Å². The number of aromatic nitrogens is 5. The van der Waals surface area contributed by atoms with Gasteiger partial charge in [-0.15, -0.1) is 0 Å². The van der Waals surface area contributed by atoms with Crippen LogP contribution in [0.5, 0.6) is 0 Å². The van der Waals surface area contributed by atoms with Crippen molar-refractivity contribution in [2.75, 3.05) is 15.5 Å². The zero-order chi connectivity index (χ0) is 24.3. The largest absolute Gasteiger partial charge is 0.408 e. The minimum absolute atomic E-state index is 0.242. The summed E-state index contributed by atoms with van der Waals surface area (Å²) in [6.07, 6.45) is 1.97. The van der Waals surface area contributed by atoms with Crippen LogP contribution in [0.3, 0.4) is 0 Å². The SMILES string of the molecule is CC1Nc2cnc(Nc3ccnc(-c4cnn(S(=O)(=O)C5CC5)c4)n3)cc2N1C(C)C(F)(F)F. The maximum Gasteiger partial charge on any atom is 0.408 e. The molecule has 34 heavy (non-hydrogen) atoms. The van der Waals surface area contributed by atoms with Crippen molar-refractivity contribution in [3.8, 4) is 11.4 Å². The Morgan fingerprint density at radius 3 is 2.68 bits per heavy atom. The molecule has 0 radical (unpaired) electrons. The number of nitrogens with one attached hydrogen (secondary N) is 2. The fourth-order valence-electron chi connectivity index (χ4n) is 3.82. The minimum atomic E-state index is -4.40. The molecule has 0 bridgehead atoms. The highest BCUT2D eigenvalue weighted by Gasteiger charge is 2.44. The van der Waals surface area contributed by atoms with Gasteiger partial charge < -0.3 is 15.5 Å². The Kier molecular flexibility index (Phi) is 5.15. The van der Waals surface area contributed by atoms with Gasteiger partial charge in [0.25, 0.3) is 10.0 Å². The van der Waals surface area contributed by atoms with Crippen molar-refractivity contribution in [2.24, 2.45) is 0 Å². The molecule has 1 aliphatic carbocycles. The van der Waals surface area contributed by atoms with Crippen LogP contribution in [0.4, 0.5) is 36.2 Å². The Morgan fingerprint density at radius 1 is 1.21 bits per heavy atom. The summed E-state index contributed by atoms with van der Waals surface area (Å²) < 4.78 is 65.8. The molecular formula is C20H21F3N8O2S. The molecule has 1 fully saturated rings. The summed E-state index contributed by atoms with van der Waals surface area (Å²) in [4.78, 5) is 14.1. The highest BCUT2D eigenvalue weighted by atomic mass is 32.2. The van der Waals surface area contributed by atoms with E-state index in [-0.39, 0.29) is 5.82 Å². The lowest BCUT2D eigenvalue weighted by atomic mass is 10.2. The van der Waals surface area contributed by atoms with Crippen LogP contribution >= 0.6 is 0 Å². The summed E-state index contributed by atoms with van der Waals surface area (Å²) in [5.74, 6) is 0.876. The van der Waals surface area contributed by atoms with E-state index < -0.39 is 33.7 Å². The normalized spacial score (nSPS) is 19.0. The number of fused-ring (bicyclic) bond motifs is 1. The van der Waals surface area contributed by atoms with Crippen molar-refractivity contribution < 1.29 is 21.6 Å². The average Bonchev–Trinajstić information content (AvgIpc) is 3.43. The van der Waals surface area contributed by atoms with Crippen LogP contribution in [0, 0.1) is 0 Å². The monoisotopic (exact) mass is 494 g/mol. The molecule has 5 rings (SSSR count). The van der Waals surface area contributed by atoms with Gasteiger partial charge in [-0.3, -0.25) is 0 Å². The second kappa shape index (κ2) is 7.82. The molecule has 0 spiro atoms. The van der Waals surface area contributed by atoms with Crippen LogP contribution in [-0.4, -0.2) is 56.2 Å². The van der Waals surface area contributed by atoms with E-state index in [1.807, 2.05) is 0 Å². The van der Waals surface area contributed by atoms with Gasteiger partial charge in [-0.25, -0.2) is 23.4 Å². The maximum atomic E-state index is 13.4. The van der Waals surface area contributed by atoms with Gasteiger partial charge in [0.2, 0.25) is 0 Å². The molecule has 2 aliphatic rings. The number of anilines is 4. The molecule has 14 heteroatoms. The summed E-state index contributed by atoms with van der Waals surface area (Å²) in [6.45, 7) is 2.76. The summed E-state index contributed by atoms with van der Waals surface area (Å²) in [7, 11) is -3.51. The van der Waals surface area contributed by atoms with Crippen molar-refractivity contribution in [1.82, 2.24) is 24.1 Å². The molecular weight excluding hydrogens is 473 g/mol. The predicted octanol–water partition coefficient (Wildman–Crippen LogP) is 3.35. The topological polar surface area (TPSA) is 118 Å². The van der Waals surface area contributed by atoms with E-state index in [0.29, 0.717) is 41.4 Å². The van der Waals surface area contributed by atoms with E-state index in [9.17, 15) is 21.6 Å². The molecule has 2 unspecified atom stereocenters. The summed E-state index contributed by atoms with van der Waals surface area (Å²) in [6, 6.07) is 1.40. The number of pyridine rings is 1. The number of alkyl halides is 3. The van der Waals surface area contributed by atoms with Crippen molar-refractivity contribution in [1.29, 1.82) is 0 Å². The lowest BCUT2D eigenvalue weighted by Gasteiger charge is -2.32. The molecule has 0 saturated heterocycles.